The molecule has 0 atom stereocenters. The number of hydrogen-bond donors (Lipinski definition) is 1. The molecule has 0 aliphatic heterocycles. The second-order valence-electron chi connectivity index (χ2n) is 6.75. The number of methoxy groups -OCH3 is 5. The Labute approximate surface area is 188 Å². The number of ketones is 1. The van der Waals surface area contributed by atoms with E-state index in [1.54, 1.807) is 30.3 Å². The Morgan fingerprint density at radius 2 is 1.38 bits per heavy atom. The maximum absolute atomic E-state index is 12.3. The summed E-state index contributed by atoms with van der Waals surface area (Å²) in [6.45, 7) is 1.83. The normalized spacial score (nSPS) is 10.6. The molecule has 0 saturated carbocycles. The lowest BCUT2D eigenvalue weighted by molar-refractivity contribution is -0.116. The van der Waals surface area contributed by atoms with E-state index in [-0.39, 0.29) is 11.7 Å². The van der Waals surface area contributed by atoms with Gasteiger partial charge in [-0.3, -0.25) is 9.59 Å². The van der Waals surface area contributed by atoms with Crippen LogP contribution in [0.2, 0.25) is 0 Å². The summed E-state index contributed by atoms with van der Waals surface area (Å²) in [5.41, 5.74) is 2.02. The molecule has 0 fully saturated rings. The van der Waals surface area contributed by atoms with Gasteiger partial charge in [-0.1, -0.05) is 0 Å². The van der Waals surface area contributed by atoms with Crippen LogP contribution in [0.15, 0.2) is 30.3 Å². The number of carbonyl (C=O) groups is 2. The molecule has 0 aliphatic rings. The zero-order valence-electron chi connectivity index (χ0n) is 19.2. The summed E-state index contributed by atoms with van der Waals surface area (Å²) >= 11 is 0. The molecule has 0 bridgehead atoms. The van der Waals surface area contributed by atoms with Gasteiger partial charge in [0, 0.05) is 18.2 Å². The van der Waals surface area contributed by atoms with E-state index < -0.39 is 0 Å². The van der Waals surface area contributed by atoms with Crippen molar-refractivity contribution in [3.05, 3.63) is 47.0 Å². The van der Waals surface area contributed by atoms with Crippen molar-refractivity contribution in [2.24, 2.45) is 0 Å². The van der Waals surface area contributed by atoms with Gasteiger partial charge in [0.15, 0.2) is 28.8 Å². The Hall–Kier alpha value is -3.68. The average Bonchev–Trinajstić information content (AvgIpc) is 2.81. The third-order valence-electron chi connectivity index (χ3n) is 4.80. The number of carbonyl (C=O) groups excluding carboxylic acids is 2. The van der Waals surface area contributed by atoms with E-state index in [0.29, 0.717) is 52.8 Å². The predicted octanol–water partition coefficient (Wildman–Crippen LogP) is 3.30. The van der Waals surface area contributed by atoms with Gasteiger partial charge in [0.25, 0.3) is 0 Å². The van der Waals surface area contributed by atoms with Gasteiger partial charge in [-0.05, 0) is 54.8 Å². The Balaban J connectivity index is 2.08. The van der Waals surface area contributed by atoms with Gasteiger partial charge < -0.3 is 29.0 Å². The van der Waals surface area contributed by atoms with Crippen molar-refractivity contribution >= 4 is 17.8 Å². The molecule has 0 heterocycles. The van der Waals surface area contributed by atoms with Crippen molar-refractivity contribution in [3.63, 3.8) is 0 Å². The van der Waals surface area contributed by atoms with E-state index in [9.17, 15) is 9.59 Å². The monoisotopic (exact) mass is 443 g/mol. The first-order valence-corrected chi connectivity index (χ1v) is 9.90. The second-order valence-corrected chi connectivity index (χ2v) is 6.75. The van der Waals surface area contributed by atoms with Gasteiger partial charge in [-0.25, -0.2) is 0 Å². The molecule has 0 radical (unpaired) electrons. The van der Waals surface area contributed by atoms with Gasteiger partial charge >= 0.3 is 0 Å². The first-order chi connectivity index (χ1) is 15.4. The van der Waals surface area contributed by atoms with Crippen LogP contribution in [0, 0.1) is 0 Å². The van der Waals surface area contributed by atoms with E-state index in [2.05, 4.69) is 5.32 Å². The molecule has 2 aromatic carbocycles. The smallest absolute Gasteiger partial charge is 0.244 e. The van der Waals surface area contributed by atoms with Gasteiger partial charge in [-0.2, -0.15) is 0 Å². The lowest BCUT2D eigenvalue weighted by Gasteiger charge is -2.14. The number of benzene rings is 2. The van der Waals surface area contributed by atoms with Crippen LogP contribution >= 0.6 is 0 Å². The molecule has 0 aromatic heterocycles. The summed E-state index contributed by atoms with van der Waals surface area (Å²) in [4.78, 5) is 24.3. The third kappa shape index (κ3) is 5.94. The molecule has 0 saturated heterocycles. The Morgan fingerprint density at radius 3 is 1.88 bits per heavy atom. The first kappa shape index (κ1) is 24.6. The molecular weight excluding hydrogens is 414 g/mol. The SMILES string of the molecule is COc1cc(CCNC(=O)C=Cc2cc(OC)c(OC)c(OC)c2)c(C(C)=O)cc1OC. The summed E-state index contributed by atoms with van der Waals surface area (Å²) in [6.07, 6.45) is 3.53. The van der Waals surface area contributed by atoms with Crippen molar-refractivity contribution in [2.75, 3.05) is 42.1 Å². The fraction of sp³-hybridized carbons (Fsp3) is 0.333. The van der Waals surface area contributed by atoms with Crippen molar-refractivity contribution < 1.29 is 33.3 Å². The van der Waals surface area contributed by atoms with E-state index in [4.69, 9.17) is 23.7 Å². The molecule has 8 nitrogen and oxygen atoms in total. The summed E-state index contributed by atoms with van der Waals surface area (Å²) in [6, 6.07) is 6.90. The molecule has 8 heteroatoms. The number of nitrogens with one attached hydrogen (secondary N) is 1. The molecule has 172 valence electrons. The summed E-state index contributed by atoms with van der Waals surface area (Å²) < 4.78 is 26.5. The van der Waals surface area contributed by atoms with Crippen LogP contribution in [-0.2, 0) is 11.2 Å². The minimum atomic E-state index is -0.274. The topological polar surface area (TPSA) is 92.3 Å². The number of hydrogen-bond acceptors (Lipinski definition) is 7. The standard InChI is InChI=1S/C24H29NO7/c1-15(26)18-14-20(29-3)19(28-2)13-17(18)9-10-25-23(27)8-7-16-11-21(30-4)24(32-6)22(12-16)31-5/h7-8,11-14H,9-10H2,1-6H3,(H,25,27). The minimum absolute atomic E-state index is 0.0884. The average molecular weight is 443 g/mol. The van der Waals surface area contributed by atoms with Crippen LogP contribution in [0.3, 0.4) is 0 Å². The van der Waals surface area contributed by atoms with E-state index >= 15 is 0 Å². The predicted molar refractivity (Wildman–Crippen MR) is 121 cm³/mol. The van der Waals surface area contributed by atoms with Gasteiger partial charge in [0.2, 0.25) is 11.7 Å². The van der Waals surface area contributed by atoms with Crippen LogP contribution in [0.1, 0.15) is 28.4 Å². The lowest BCUT2D eigenvalue weighted by atomic mass is 10.0. The highest BCUT2D eigenvalue weighted by molar-refractivity contribution is 5.96. The zero-order chi connectivity index (χ0) is 23.7. The van der Waals surface area contributed by atoms with Gasteiger partial charge in [0.05, 0.1) is 35.5 Å². The molecule has 0 spiro atoms. The second kappa shape index (κ2) is 11.6. The van der Waals surface area contributed by atoms with Crippen LogP contribution in [0.25, 0.3) is 6.08 Å². The van der Waals surface area contributed by atoms with Crippen molar-refractivity contribution in [3.8, 4) is 28.7 Å². The number of Topliss-reactive ketones (excluding diaryl/α,β-unsaturated/α-hetero) is 1. The van der Waals surface area contributed by atoms with Crippen LogP contribution < -0.4 is 29.0 Å². The summed E-state index contributed by atoms with van der Waals surface area (Å²) in [7, 11) is 7.63. The fourth-order valence-electron chi connectivity index (χ4n) is 3.20. The zero-order valence-corrected chi connectivity index (χ0v) is 19.2. The van der Waals surface area contributed by atoms with Gasteiger partial charge in [-0.15, -0.1) is 0 Å². The van der Waals surface area contributed by atoms with Crippen molar-refractivity contribution in [2.45, 2.75) is 13.3 Å². The molecule has 1 amide bonds. The lowest BCUT2D eigenvalue weighted by Crippen LogP contribution is -2.24. The number of amides is 1. The van der Waals surface area contributed by atoms with Crippen LogP contribution in [0.4, 0.5) is 0 Å². The minimum Gasteiger partial charge on any atom is -0.493 e. The summed E-state index contributed by atoms with van der Waals surface area (Å²) in [5, 5.41) is 2.82. The quantitative estimate of drug-likeness (QED) is 0.421. The molecule has 32 heavy (non-hydrogen) atoms. The Kier molecular flexibility index (Phi) is 8.95. The first-order valence-electron chi connectivity index (χ1n) is 9.90. The van der Waals surface area contributed by atoms with E-state index in [1.807, 2.05) is 0 Å². The van der Waals surface area contributed by atoms with E-state index in [1.165, 1.54) is 48.5 Å². The number of ether oxygens (including phenoxy) is 5. The fourth-order valence-corrected chi connectivity index (χ4v) is 3.20. The maximum Gasteiger partial charge on any atom is 0.244 e. The highest BCUT2D eigenvalue weighted by Gasteiger charge is 2.15. The molecule has 0 aliphatic carbocycles. The van der Waals surface area contributed by atoms with Gasteiger partial charge in [0.1, 0.15) is 0 Å². The molecule has 2 rings (SSSR count). The number of rotatable bonds is 11. The van der Waals surface area contributed by atoms with Crippen molar-refractivity contribution in [1.29, 1.82) is 0 Å². The van der Waals surface area contributed by atoms with E-state index in [0.717, 1.165) is 5.56 Å². The molecule has 0 unspecified atom stereocenters. The highest BCUT2D eigenvalue weighted by Crippen LogP contribution is 2.38. The molecule has 1 N–H and O–H groups in total. The molecule has 2 aromatic rings. The van der Waals surface area contributed by atoms with Crippen molar-refractivity contribution in [1.82, 2.24) is 5.32 Å². The van der Waals surface area contributed by atoms with Crippen LogP contribution in [0.5, 0.6) is 28.7 Å². The van der Waals surface area contributed by atoms with Crippen LogP contribution in [-0.4, -0.2) is 53.8 Å². The maximum atomic E-state index is 12.3. The Morgan fingerprint density at radius 1 is 0.812 bits per heavy atom. The summed E-state index contributed by atoms with van der Waals surface area (Å²) in [5.74, 6) is 2.13. The highest BCUT2D eigenvalue weighted by atomic mass is 16.5. The third-order valence-corrected chi connectivity index (χ3v) is 4.80. The molecular formula is C24H29NO7. The Bertz CT molecular complexity index is 973. The largest absolute Gasteiger partial charge is 0.493 e.